The molecule has 0 atom stereocenters. The van der Waals surface area contributed by atoms with E-state index in [0.717, 1.165) is 28.6 Å². The standard InChI is InChI=1S/C18H21N3/c1-11-16(20-18(15-9-10-15)21-17(11)19)14-7-5-13(6-8-14)12-3-2-4-12/h5-8,12,15H,2-4,9-10H2,1H3,(H2,19,20,21). The fourth-order valence-corrected chi connectivity index (χ4v) is 3.01. The normalized spacial score (nSPS) is 18.5. The molecule has 21 heavy (non-hydrogen) atoms. The van der Waals surface area contributed by atoms with Crippen molar-refractivity contribution >= 4 is 5.82 Å². The van der Waals surface area contributed by atoms with Crippen LogP contribution >= 0.6 is 0 Å². The van der Waals surface area contributed by atoms with E-state index in [1.54, 1.807) is 0 Å². The Morgan fingerprint density at radius 3 is 2.24 bits per heavy atom. The van der Waals surface area contributed by atoms with Gasteiger partial charge in [0.15, 0.2) is 0 Å². The third-order valence-electron chi connectivity index (χ3n) is 4.90. The van der Waals surface area contributed by atoms with Gasteiger partial charge in [-0.15, -0.1) is 0 Å². The lowest BCUT2D eigenvalue weighted by molar-refractivity contribution is 0.420. The van der Waals surface area contributed by atoms with Gasteiger partial charge >= 0.3 is 0 Å². The molecule has 2 aromatic rings. The average Bonchev–Trinajstić information content (AvgIpc) is 3.25. The van der Waals surface area contributed by atoms with Gasteiger partial charge in [-0.25, -0.2) is 9.97 Å². The van der Waals surface area contributed by atoms with Crippen LogP contribution in [-0.2, 0) is 0 Å². The summed E-state index contributed by atoms with van der Waals surface area (Å²) in [6.45, 7) is 2.02. The summed E-state index contributed by atoms with van der Waals surface area (Å²) in [5.74, 6) is 2.86. The predicted molar refractivity (Wildman–Crippen MR) is 85.2 cm³/mol. The lowest BCUT2D eigenvalue weighted by atomic mass is 9.80. The second-order valence-electron chi connectivity index (χ2n) is 6.46. The molecule has 3 heteroatoms. The minimum absolute atomic E-state index is 0.529. The second-order valence-corrected chi connectivity index (χ2v) is 6.46. The first-order chi connectivity index (χ1) is 10.2. The van der Waals surface area contributed by atoms with Gasteiger partial charge in [-0.2, -0.15) is 0 Å². The number of anilines is 1. The highest BCUT2D eigenvalue weighted by atomic mass is 15.0. The van der Waals surface area contributed by atoms with Crippen LogP contribution in [0, 0.1) is 6.92 Å². The van der Waals surface area contributed by atoms with Crippen LogP contribution in [0.2, 0.25) is 0 Å². The van der Waals surface area contributed by atoms with Crippen molar-refractivity contribution in [2.75, 3.05) is 5.73 Å². The summed E-state index contributed by atoms with van der Waals surface area (Å²) < 4.78 is 0. The van der Waals surface area contributed by atoms with Gasteiger partial charge in [-0.1, -0.05) is 30.7 Å². The Morgan fingerprint density at radius 2 is 1.67 bits per heavy atom. The second kappa shape index (κ2) is 4.83. The quantitative estimate of drug-likeness (QED) is 0.917. The van der Waals surface area contributed by atoms with E-state index in [9.17, 15) is 0 Å². The van der Waals surface area contributed by atoms with Crippen molar-refractivity contribution in [1.82, 2.24) is 9.97 Å². The Morgan fingerprint density at radius 1 is 0.952 bits per heavy atom. The van der Waals surface area contributed by atoms with Crippen LogP contribution in [0.4, 0.5) is 5.82 Å². The van der Waals surface area contributed by atoms with Crippen molar-refractivity contribution in [3.05, 3.63) is 41.2 Å². The Labute approximate surface area is 125 Å². The number of rotatable bonds is 3. The summed E-state index contributed by atoms with van der Waals surface area (Å²) in [7, 11) is 0. The summed E-state index contributed by atoms with van der Waals surface area (Å²) in [5.41, 5.74) is 10.7. The van der Waals surface area contributed by atoms with E-state index in [4.69, 9.17) is 10.7 Å². The van der Waals surface area contributed by atoms with Crippen LogP contribution in [-0.4, -0.2) is 9.97 Å². The Hall–Kier alpha value is -1.90. The van der Waals surface area contributed by atoms with Crippen LogP contribution in [0.15, 0.2) is 24.3 Å². The molecule has 0 unspecified atom stereocenters. The van der Waals surface area contributed by atoms with E-state index in [1.807, 2.05) is 6.92 Å². The van der Waals surface area contributed by atoms with E-state index in [2.05, 4.69) is 29.2 Å². The molecule has 0 bridgehead atoms. The SMILES string of the molecule is Cc1c(N)nc(C2CC2)nc1-c1ccc(C2CCC2)cc1. The van der Waals surface area contributed by atoms with Crippen LogP contribution in [0.3, 0.4) is 0 Å². The molecule has 0 radical (unpaired) electrons. The van der Waals surface area contributed by atoms with Crippen molar-refractivity contribution in [3.8, 4) is 11.3 Å². The number of hydrogen-bond acceptors (Lipinski definition) is 3. The van der Waals surface area contributed by atoms with Gasteiger partial charge in [-0.05, 0) is 44.1 Å². The van der Waals surface area contributed by atoms with E-state index in [1.165, 1.54) is 37.7 Å². The smallest absolute Gasteiger partial charge is 0.134 e. The van der Waals surface area contributed by atoms with Crippen LogP contribution in [0.5, 0.6) is 0 Å². The zero-order valence-corrected chi connectivity index (χ0v) is 12.5. The van der Waals surface area contributed by atoms with Gasteiger partial charge in [0, 0.05) is 17.0 Å². The van der Waals surface area contributed by atoms with Crippen molar-refractivity contribution in [2.24, 2.45) is 0 Å². The highest BCUT2D eigenvalue weighted by molar-refractivity contribution is 5.67. The van der Waals surface area contributed by atoms with E-state index in [0.29, 0.717) is 11.7 Å². The lowest BCUT2D eigenvalue weighted by Gasteiger charge is -2.25. The molecule has 108 valence electrons. The highest BCUT2D eigenvalue weighted by Gasteiger charge is 2.28. The molecule has 2 N–H and O–H groups in total. The summed E-state index contributed by atoms with van der Waals surface area (Å²) in [6.07, 6.45) is 6.44. The van der Waals surface area contributed by atoms with Gasteiger partial charge in [0.25, 0.3) is 0 Å². The van der Waals surface area contributed by atoms with Gasteiger partial charge < -0.3 is 5.73 Å². The molecule has 1 aromatic heterocycles. The first-order valence-electron chi connectivity index (χ1n) is 7.96. The minimum Gasteiger partial charge on any atom is -0.383 e. The van der Waals surface area contributed by atoms with Gasteiger partial charge in [0.1, 0.15) is 11.6 Å². The zero-order chi connectivity index (χ0) is 14.4. The lowest BCUT2D eigenvalue weighted by Crippen LogP contribution is -2.08. The molecule has 2 aliphatic rings. The van der Waals surface area contributed by atoms with Crippen molar-refractivity contribution in [1.29, 1.82) is 0 Å². The summed E-state index contributed by atoms with van der Waals surface area (Å²) in [5, 5.41) is 0. The first-order valence-corrected chi connectivity index (χ1v) is 7.96. The molecule has 0 spiro atoms. The molecule has 0 amide bonds. The monoisotopic (exact) mass is 279 g/mol. The van der Waals surface area contributed by atoms with Gasteiger partial charge in [0.2, 0.25) is 0 Å². The third-order valence-corrected chi connectivity index (χ3v) is 4.90. The van der Waals surface area contributed by atoms with Crippen molar-refractivity contribution in [2.45, 2.75) is 50.9 Å². The number of hydrogen-bond donors (Lipinski definition) is 1. The fraction of sp³-hybridized carbons (Fsp3) is 0.444. The maximum Gasteiger partial charge on any atom is 0.134 e. The first kappa shape index (κ1) is 12.8. The van der Waals surface area contributed by atoms with Crippen LogP contribution in [0.1, 0.15) is 60.9 Å². The zero-order valence-electron chi connectivity index (χ0n) is 12.5. The van der Waals surface area contributed by atoms with Gasteiger partial charge in [0.05, 0.1) is 5.69 Å². The van der Waals surface area contributed by atoms with Crippen molar-refractivity contribution in [3.63, 3.8) is 0 Å². The molecular formula is C18H21N3. The Kier molecular flexibility index (Phi) is 2.95. The van der Waals surface area contributed by atoms with E-state index < -0.39 is 0 Å². The Balaban J connectivity index is 1.71. The Bertz CT molecular complexity index is 668. The molecule has 1 heterocycles. The number of nitrogen functional groups attached to an aromatic ring is 1. The van der Waals surface area contributed by atoms with E-state index in [-0.39, 0.29) is 0 Å². The number of benzene rings is 1. The van der Waals surface area contributed by atoms with Crippen molar-refractivity contribution < 1.29 is 0 Å². The molecular weight excluding hydrogens is 258 g/mol. The molecule has 1 aromatic carbocycles. The number of nitrogens with two attached hydrogens (primary N) is 1. The molecule has 3 nitrogen and oxygen atoms in total. The number of aromatic nitrogens is 2. The van der Waals surface area contributed by atoms with Crippen LogP contribution < -0.4 is 5.73 Å². The molecule has 0 aliphatic heterocycles. The highest BCUT2D eigenvalue weighted by Crippen LogP contribution is 2.40. The molecule has 0 saturated heterocycles. The van der Waals surface area contributed by atoms with Crippen LogP contribution in [0.25, 0.3) is 11.3 Å². The topological polar surface area (TPSA) is 51.8 Å². The maximum absolute atomic E-state index is 6.08. The molecule has 2 saturated carbocycles. The average molecular weight is 279 g/mol. The number of nitrogens with zero attached hydrogens (tertiary/aromatic N) is 2. The maximum atomic E-state index is 6.08. The third kappa shape index (κ3) is 2.31. The summed E-state index contributed by atoms with van der Waals surface area (Å²) >= 11 is 0. The molecule has 4 rings (SSSR count). The van der Waals surface area contributed by atoms with E-state index >= 15 is 0 Å². The molecule has 2 fully saturated rings. The summed E-state index contributed by atoms with van der Waals surface area (Å²) in [4.78, 5) is 9.24. The largest absolute Gasteiger partial charge is 0.383 e. The molecule has 2 aliphatic carbocycles. The summed E-state index contributed by atoms with van der Waals surface area (Å²) in [6, 6.07) is 8.90. The fourth-order valence-electron chi connectivity index (χ4n) is 3.01. The predicted octanol–water partition coefficient (Wildman–Crippen LogP) is 4.18. The minimum atomic E-state index is 0.529. The van der Waals surface area contributed by atoms with Gasteiger partial charge in [-0.3, -0.25) is 0 Å².